The van der Waals surface area contributed by atoms with Gasteiger partial charge >= 0.3 is 6.18 Å². The summed E-state index contributed by atoms with van der Waals surface area (Å²) in [5.74, 6) is -0.101. The quantitative estimate of drug-likeness (QED) is 0.827. The Balaban J connectivity index is 1.92. The van der Waals surface area contributed by atoms with Gasteiger partial charge in [-0.05, 0) is 43.6 Å². The van der Waals surface area contributed by atoms with Crippen LogP contribution < -0.4 is 15.4 Å². The summed E-state index contributed by atoms with van der Waals surface area (Å²) < 4.78 is 46.7. The first-order valence-electron chi connectivity index (χ1n) is 7.67. The first-order chi connectivity index (χ1) is 11.3. The van der Waals surface area contributed by atoms with Crippen molar-refractivity contribution in [2.75, 3.05) is 26.8 Å². The van der Waals surface area contributed by atoms with E-state index in [2.05, 4.69) is 10.6 Å². The van der Waals surface area contributed by atoms with Gasteiger partial charge in [0, 0.05) is 13.7 Å². The molecule has 8 heteroatoms. The van der Waals surface area contributed by atoms with E-state index in [0.717, 1.165) is 0 Å². The number of rotatable bonds is 6. The number of methoxy groups -OCH3 is 1. The SMILES string of the molecule is COC1(C(=O)NCc2cccc(OCC(F)(F)F)c2)CCNCC1. The predicted octanol–water partition coefficient (Wildman–Crippen LogP) is 2.01. The van der Waals surface area contributed by atoms with E-state index in [4.69, 9.17) is 9.47 Å². The first-order valence-corrected chi connectivity index (χ1v) is 7.67. The number of halogens is 3. The predicted molar refractivity (Wildman–Crippen MR) is 81.7 cm³/mol. The van der Waals surface area contributed by atoms with Crippen LogP contribution in [0.2, 0.25) is 0 Å². The number of carbonyl (C=O) groups is 1. The maximum absolute atomic E-state index is 12.4. The molecule has 1 amide bonds. The lowest BCUT2D eigenvalue weighted by Gasteiger charge is -2.34. The molecule has 2 N–H and O–H groups in total. The molecule has 5 nitrogen and oxygen atoms in total. The molecule has 0 unspecified atom stereocenters. The van der Waals surface area contributed by atoms with Gasteiger partial charge < -0.3 is 20.1 Å². The zero-order valence-corrected chi connectivity index (χ0v) is 13.4. The summed E-state index contributed by atoms with van der Waals surface area (Å²) >= 11 is 0. The van der Waals surface area contributed by atoms with Crippen molar-refractivity contribution >= 4 is 5.91 Å². The van der Waals surface area contributed by atoms with Gasteiger partial charge in [-0.25, -0.2) is 0 Å². The van der Waals surface area contributed by atoms with Gasteiger partial charge in [0.15, 0.2) is 6.61 Å². The highest BCUT2D eigenvalue weighted by Gasteiger charge is 2.39. The van der Waals surface area contributed by atoms with Crippen LogP contribution in [0.1, 0.15) is 18.4 Å². The van der Waals surface area contributed by atoms with Crippen molar-refractivity contribution in [3.8, 4) is 5.75 Å². The summed E-state index contributed by atoms with van der Waals surface area (Å²) in [5, 5.41) is 5.96. The van der Waals surface area contributed by atoms with E-state index in [0.29, 0.717) is 31.5 Å². The van der Waals surface area contributed by atoms with Crippen LogP contribution in [0, 0.1) is 0 Å². The van der Waals surface area contributed by atoms with Gasteiger partial charge in [-0.15, -0.1) is 0 Å². The van der Waals surface area contributed by atoms with E-state index < -0.39 is 18.4 Å². The number of piperidine rings is 1. The molecule has 0 aliphatic carbocycles. The zero-order valence-electron chi connectivity index (χ0n) is 13.4. The lowest BCUT2D eigenvalue weighted by atomic mass is 9.91. The molecule has 0 aromatic heterocycles. The second kappa shape index (κ2) is 7.85. The molecule has 1 aromatic rings. The Hall–Kier alpha value is -1.80. The third kappa shape index (κ3) is 5.10. The zero-order chi connectivity index (χ0) is 17.6. The number of nitrogens with one attached hydrogen (secondary N) is 2. The van der Waals surface area contributed by atoms with Crippen LogP contribution in [0.25, 0.3) is 0 Å². The van der Waals surface area contributed by atoms with Crippen LogP contribution >= 0.6 is 0 Å². The lowest BCUT2D eigenvalue weighted by molar-refractivity contribution is -0.153. The molecule has 1 heterocycles. The summed E-state index contributed by atoms with van der Waals surface area (Å²) in [6.07, 6.45) is -3.24. The molecule has 1 aliphatic heterocycles. The minimum absolute atomic E-state index is 0.113. The minimum Gasteiger partial charge on any atom is -0.484 e. The molecule has 0 atom stereocenters. The van der Waals surface area contributed by atoms with Gasteiger partial charge in [0.2, 0.25) is 0 Å². The van der Waals surface area contributed by atoms with Gasteiger partial charge in [0.1, 0.15) is 11.4 Å². The van der Waals surface area contributed by atoms with Gasteiger partial charge in [-0.1, -0.05) is 12.1 Å². The number of alkyl halides is 3. The van der Waals surface area contributed by atoms with Crippen LogP contribution in [0.5, 0.6) is 5.75 Å². The number of hydrogen-bond acceptors (Lipinski definition) is 4. The van der Waals surface area contributed by atoms with Crippen molar-refractivity contribution in [2.24, 2.45) is 0 Å². The topological polar surface area (TPSA) is 59.6 Å². The Bertz CT molecular complexity index is 558. The fourth-order valence-electron chi connectivity index (χ4n) is 2.61. The number of hydrogen-bond donors (Lipinski definition) is 2. The average Bonchev–Trinajstić information content (AvgIpc) is 2.58. The van der Waals surface area contributed by atoms with Crippen LogP contribution in [0.15, 0.2) is 24.3 Å². The smallest absolute Gasteiger partial charge is 0.422 e. The number of benzene rings is 1. The molecule has 0 saturated carbocycles. The van der Waals surface area contributed by atoms with Crippen LogP contribution in [-0.2, 0) is 16.1 Å². The normalized spacial score (nSPS) is 17.3. The van der Waals surface area contributed by atoms with E-state index in [1.54, 1.807) is 12.1 Å². The Morgan fingerprint density at radius 3 is 2.67 bits per heavy atom. The molecule has 1 aliphatic rings. The van der Waals surface area contributed by atoms with E-state index in [1.807, 2.05) is 0 Å². The molecular formula is C16H21F3N2O3. The standard InChI is InChI=1S/C16H21F3N2O3/c1-23-15(5-7-20-8-6-15)14(22)21-10-12-3-2-4-13(9-12)24-11-16(17,18)19/h2-4,9,20H,5-8,10-11H2,1H3,(H,21,22). The Morgan fingerprint density at radius 2 is 2.04 bits per heavy atom. The Labute approximate surface area is 138 Å². The number of carbonyl (C=O) groups excluding carboxylic acids is 1. The average molecular weight is 346 g/mol. The van der Waals surface area contributed by atoms with Crippen molar-refractivity contribution < 1.29 is 27.4 Å². The van der Waals surface area contributed by atoms with Gasteiger partial charge in [0.25, 0.3) is 5.91 Å². The van der Waals surface area contributed by atoms with Crippen molar-refractivity contribution in [3.05, 3.63) is 29.8 Å². The summed E-state index contributed by atoms with van der Waals surface area (Å²) in [5.41, 5.74) is -0.196. The Kier molecular flexibility index (Phi) is 6.06. The van der Waals surface area contributed by atoms with Crippen molar-refractivity contribution in [3.63, 3.8) is 0 Å². The van der Waals surface area contributed by atoms with Gasteiger partial charge in [0.05, 0.1) is 0 Å². The molecule has 24 heavy (non-hydrogen) atoms. The monoisotopic (exact) mass is 346 g/mol. The maximum atomic E-state index is 12.4. The van der Waals surface area contributed by atoms with E-state index >= 15 is 0 Å². The maximum Gasteiger partial charge on any atom is 0.422 e. The first kappa shape index (κ1) is 18.5. The summed E-state index contributed by atoms with van der Waals surface area (Å²) in [4.78, 5) is 12.4. The lowest BCUT2D eigenvalue weighted by Crippen LogP contribution is -2.53. The third-order valence-corrected chi connectivity index (χ3v) is 3.97. The molecule has 1 saturated heterocycles. The van der Waals surface area contributed by atoms with Gasteiger partial charge in [-0.3, -0.25) is 4.79 Å². The molecule has 0 radical (unpaired) electrons. The second-order valence-electron chi connectivity index (χ2n) is 5.68. The number of ether oxygens (including phenoxy) is 2. The van der Waals surface area contributed by atoms with Crippen molar-refractivity contribution in [2.45, 2.75) is 31.2 Å². The van der Waals surface area contributed by atoms with Crippen LogP contribution in [-0.4, -0.2) is 44.5 Å². The van der Waals surface area contributed by atoms with Crippen LogP contribution in [0.4, 0.5) is 13.2 Å². The highest BCUT2D eigenvalue weighted by atomic mass is 19.4. The molecular weight excluding hydrogens is 325 g/mol. The van der Waals surface area contributed by atoms with E-state index in [9.17, 15) is 18.0 Å². The van der Waals surface area contributed by atoms with Crippen molar-refractivity contribution in [1.82, 2.24) is 10.6 Å². The largest absolute Gasteiger partial charge is 0.484 e. The fraction of sp³-hybridized carbons (Fsp3) is 0.562. The second-order valence-corrected chi connectivity index (χ2v) is 5.68. The molecule has 134 valence electrons. The molecule has 1 fully saturated rings. The summed E-state index contributed by atoms with van der Waals surface area (Å²) in [6.45, 7) is 0.243. The van der Waals surface area contributed by atoms with Crippen LogP contribution in [0.3, 0.4) is 0 Å². The molecule has 1 aromatic carbocycles. The fourth-order valence-corrected chi connectivity index (χ4v) is 2.61. The third-order valence-electron chi connectivity index (χ3n) is 3.97. The van der Waals surface area contributed by atoms with E-state index in [-0.39, 0.29) is 18.2 Å². The Morgan fingerprint density at radius 1 is 1.33 bits per heavy atom. The van der Waals surface area contributed by atoms with E-state index in [1.165, 1.54) is 19.2 Å². The van der Waals surface area contributed by atoms with Crippen molar-refractivity contribution in [1.29, 1.82) is 0 Å². The summed E-state index contributed by atoms with van der Waals surface area (Å²) in [6, 6.07) is 6.22. The molecule has 2 rings (SSSR count). The molecule has 0 bridgehead atoms. The van der Waals surface area contributed by atoms with Gasteiger partial charge in [-0.2, -0.15) is 13.2 Å². The number of amides is 1. The highest BCUT2D eigenvalue weighted by Crippen LogP contribution is 2.23. The highest BCUT2D eigenvalue weighted by molar-refractivity contribution is 5.85. The minimum atomic E-state index is -4.38. The molecule has 0 spiro atoms. The summed E-state index contributed by atoms with van der Waals surface area (Å²) in [7, 11) is 1.51.